The molecule has 92 valence electrons. The highest BCUT2D eigenvalue weighted by molar-refractivity contribution is 5.77. The Hall–Kier alpha value is -1.10. The smallest absolute Gasteiger partial charge is 0.305 e. The highest BCUT2D eigenvalue weighted by Gasteiger charge is 2.33. The highest BCUT2D eigenvalue weighted by atomic mass is 16.4. The lowest BCUT2D eigenvalue weighted by Gasteiger charge is -2.16. The molecule has 16 heavy (non-hydrogen) atoms. The molecule has 0 bridgehead atoms. The normalized spacial score (nSPS) is 16.8. The van der Waals surface area contributed by atoms with Gasteiger partial charge in [-0.05, 0) is 38.8 Å². The van der Waals surface area contributed by atoms with Crippen molar-refractivity contribution in [2.24, 2.45) is 5.92 Å². The summed E-state index contributed by atoms with van der Waals surface area (Å²) in [5.41, 5.74) is 0. The fourth-order valence-corrected chi connectivity index (χ4v) is 1.73. The number of rotatable bonds is 8. The Morgan fingerprint density at radius 3 is 2.62 bits per heavy atom. The molecule has 0 heterocycles. The Morgan fingerprint density at radius 2 is 2.12 bits per heavy atom. The molecule has 1 amide bonds. The van der Waals surface area contributed by atoms with Crippen LogP contribution in [0.25, 0.3) is 0 Å². The molecule has 1 saturated carbocycles. The first-order valence-electron chi connectivity index (χ1n) is 5.79. The van der Waals surface area contributed by atoms with Gasteiger partial charge in [-0.25, -0.2) is 0 Å². The summed E-state index contributed by atoms with van der Waals surface area (Å²) < 4.78 is 0. The molecule has 0 spiro atoms. The maximum atomic E-state index is 11.5. The van der Waals surface area contributed by atoms with Crippen LogP contribution in [0.3, 0.4) is 0 Å². The zero-order valence-electron chi connectivity index (χ0n) is 9.66. The van der Waals surface area contributed by atoms with E-state index in [0.717, 1.165) is 25.8 Å². The van der Waals surface area contributed by atoms with Gasteiger partial charge in [0.2, 0.25) is 5.91 Å². The van der Waals surface area contributed by atoms with Crippen LogP contribution in [0, 0.1) is 5.92 Å². The number of carboxylic acids is 1. The van der Waals surface area contributed by atoms with Crippen molar-refractivity contribution in [3.63, 3.8) is 0 Å². The van der Waals surface area contributed by atoms with Gasteiger partial charge in [0.25, 0.3) is 0 Å². The largest absolute Gasteiger partial charge is 0.481 e. The van der Waals surface area contributed by atoms with Gasteiger partial charge in [0.05, 0.1) is 6.42 Å². The number of nitrogens with one attached hydrogen (secondary N) is 2. The van der Waals surface area contributed by atoms with Gasteiger partial charge in [0, 0.05) is 12.5 Å². The maximum Gasteiger partial charge on any atom is 0.305 e. The van der Waals surface area contributed by atoms with Crippen LogP contribution in [0.4, 0.5) is 0 Å². The van der Waals surface area contributed by atoms with Gasteiger partial charge in [-0.15, -0.1) is 0 Å². The van der Waals surface area contributed by atoms with E-state index in [1.807, 2.05) is 7.05 Å². The topological polar surface area (TPSA) is 78.4 Å². The zero-order valence-corrected chi connectivity index (χ0v) is 9.66. The Kier molecular flexibility index (Phi) is 5.25. The third-order valence-electron chi connectivity index (χ3n) is 2.76. The van der Waals surface area contributed by atoms with E-state index in [1.54, 1.807) is 0 Å². The quantitative estimate of drug-likeness (QED) is 0.524. The summed E-state index contributed by atoms with van der Waals surface area (Å²) in [5.74, 6) is -0.495. The summed E-state index contributed by atoms with van der Waals surface area (Å²) in [7, 11) is 1.84. The minimum absolute atomic E-state index is 0.0339. The molecule has 1 atom stereocenters. The molecule has 1 rings (SSSR count). The van der Waals surface area contributed by atoms with Gasteiger partial charge >= 0.3 is 5.97 Å². The van der Waals surface area contributed by atoms with E-state index < -0.39 is 5.97 Å². The van der Waals surface area contributed by atoms with Crippen LogP contribution in [-0.2, 0) is 9.59 Å². The highest BCUT2D eigenvalue weighted by Crippen LogP contribution is 2.34. The van der Waals surface area contributed by atoms with Crippen LogP contribution < -0.4 is 10.6 Å². The molecule has 1 fully saturated rings. The molecule has 0 radical (unpaired) electrons. The second kappa shape index (κ2) is 6.48. The zero-order chi connectivity index (χ0) is 12.0. The number of hydrogen-bond donors (Lipinski definition) is 3. The van der Waals surface area contributed by atoms with Crippen molar-refractivity contribution < 1.29 is 14.7 Å². The maximum absolute atomic E-state index is 11.5. The molecular weight excluding hydrogens is 208 g/mol. The summed E-state index contributed by atoms with van der Waals surface area (Å²) >= 11 is 0. The second-order valence-electron chi connectivity index (χ2n) is 4.32. The number of carboxylic acid groups (broad SMARTS) is 1. The third-order valence-corrected chi connectivity index (χ3v) is 2.76. The van der Waals surface area contributed by atoms with Gasteiger partial charge in [-0.3, -0.25) is 9.59 Å². The van der Waals surface area contributed by atoms with Gasteiger partial charge in [0.1, 0.15) is 0 Å². The van der Waals surface area contributed by atoms with Crippen molar-refractivity contribution in [2.75, 3.05) is 13.6 Å². The van der Waals surface area contributed by atoms with Crippen LogP contribution in [0.1, 0.15) is 32.1 Å². The molecule has 5 nitrogen and oxygen atoms in total. The van der Waals surface area contributed by atoms with Gasteiger partial charge in [-0.2, -0.15) is 0 Å². The Balaban J connectivity index is 2.24. The van der Waals surface area contributed by atoms with E-state index in [1.165, 1.54) is 0 Å². The van der Waals surface area contributed by atoms with E-state index >= 15 is 0 Å². The predicted molar refractivity (Wildman–Crippen MR) is 60.1 cm³/mol. The van der Waals surface area contributed by atoms with Crippen molar-refractivity contribution >= 4 is 11.9 Å². The van der Waals surface area contributed by atoms with Crippen molar-refractivity contribution in [1.29, 1.82) is 0 Å². The molecule has 0 aromatic heterocycles. The average Bonchev–Trinajstić information content (AvgIpc) is 2.99. The predicted octanol–water partition coefficient (Wildman–Crippen LogP) is 0.355. The second-order valence-corrected chi connectivity index (χ2v) is 4.32. The molecule has 0 aromatic rings. The molecule has 1 aliphatic rings. The number of carbonyl (C=O) groups is 2. The van der Waals surface area contributed by atoms with Crippen molar-refractivity contribution in [3.8, 4) is 0 Å². The number of aliphatic carboxylic acids is 1. The van der Waals surface area contributed by atoms with Crippen LogP contribution in [0.5, 0.6) is 0 Å². The Labute approximate surface area is 95.6 Å². The first-order valence-corrected chi connectivity index (χ1v) is 5.79. The number of carbonyl (C=O) groups excluding carboxylic acids is 1. The van der Waals surface area contributed by atoms with Gasteiger partial charge < -0.3 is 15.7 Å². The monoisotopic (exact) mass is 228 g/mol. The first kappa shape index (κ1) is 13.0. The number of amides is 1. The summed E-state index contributed by atoms with van der Waals surface area (Å²) in [6.07, 6.45) is 3.36. The lowest BCUT2D eigenvalue weighted by atomic mass is 10.1. The molecule has 1 unspecified atom stereocenters. The van der Waals surface area contributed by atoms with Crippen molar-refractivity contribution in [2.45, 2.75) is 38.1 Å². The van der Waals surface area contributed by atoms with Crippen molar-refractivity contribution in [1.82, 2.24) is 10.6 Å². The summed E-state index contributed by atoms with van der Waals surface area (Å²) in [5, 5.41) is 14.5. The lowest BCUT2D eigenvalue weighted by Crippen LogP contribution is -2.38. The van der Waals surface area contributed by atoms with Gasteiger partial charge in [0.15, 0.2) is 0 Å². The minimum Gasteiger partial charge on any atom is -0.481 e. The van der Waals surface area contributed by atoms with Gasteiger partial charge in [-0.1, -0.05) is 0 Å². The molecular formula is C11H20N2O3. The van der Waals surface area contributed by atoms with Crippen LogP contribution in [0.2, 0.25) is 0 Å². The standard InChI is InChI=1S/C11H20N2O3/c1-12-6-2-3-10(14)13-9(7-11(15)16)8-4-5-8/h8-9,12H,2-7H2,1H3,(H,13,14)(H,15,16). The van der Waals surface area contributed by atoms with Crippen molar-refractivity contribution in [3.05, 3.63) is 0 Å². The van der Waals surface area contributed by atoms with E-state index in [-0.39, 0.29) is 18.4 Å². The van der Waals surface area contributed by atoms with Crippen LogP contribution >= 0.6 is 0 Å². The molecule has 0 aliphatic heterocycles. The molecule has 5 heteroatoms. The van der Waals surface area contributed by atoms with E-state index in [0.29, 0.717) is 12.3 Å². The summed E-state index contributed by atoms with van der Waals surface area (Å²) in [6, 6.07) is -0.167. The average molecular weight is 228 g/mol. The van der Waals surface area contributed by atoms with E-state index in [2.05, 4.69) is 10.6 Å². The lowest BCUT2D eigenvalue weighted by molar-refractivity contribution is -0.137. The number of hydrogen-bond acceptors (Lipinski definition) is 3. The molecule has 0 aromatic carbocycles. The Bertz CT molecular complexity index is 252. The molecule has 1 aliphatic carbocycles. The first-order chi connectivity index (χ1) is 7.63. The van der Waals surface area contributed by atoms with Crippen LogP contribution in [0.15, 0.2) is 0 Å². The summed E-state index contributed by atoms with van der Waals surface area (Å²) in [4.78, 5) is 22.1. The fourth-order valence-electron chi connectivity index (χ4n) is 1.73. The van der Waals surface area contributed by atoms with E-state index in [4.69, 9.17) is 5.11 Å². The molecule has 3 N–H and O–H groups in total. The van der Waals surface area contributed by atoms with Crippen LogP contribution in [-0.4, -0.2) is 36.6 Å². The fraction of sp³-hybridized carbons (Fsp3) is 0.818. The Morgan fingerprint density at radius 1 is 1.44 bits per heavy atom. The molecule has 0 saturated heterocycles. The van der Waals surface area contributed by atoms with E-state index in [9.17, 15) is 9.59 Å². The summed E-state index contributed by atoms with van der Waals surface area (Å²) in [6.45, 7) is 0.806. The minimum atomic E-state index is -0.840. The third kappa shape index (κ3) is 5.11. The SMILES string of the molecule is CNCCCC(=O)NC(CC(=O)O)C1CC1.